The van der Waals surface area contributed by atoms with E-state index in [1.165, 1.54) is 0 Å². The van der Waals surface area contributed by atoms with Crippen molar-refractivity contribution in [2.24, 2.45) is 0 Å². The molecule has 2 rings (SSSR count). The van der Waals surface area contributed by atoms with Gasteiger partial charge in [-0.1, -0.05) is 0 Å². The van der Waals surface area contributed by atoms with E-state index in [4.69, 9.17) is 10.5 Å². The lowest BCUT2D eigenvalue weighted by Crippen LogP contribution is -2.03. The highest BCUT2D eigenvalue weighted by atomic mass is 79.9. The van der Waals surface area contributed by atoms with Gasteiger partial charge in [-0.15, -0.1) is 0 Å². The molecule has 0 radical (unpaired) electrons. The molecule has 0 unspecified atom stereocenters. The summed E-state index contributed by atoms with van der Waals surface area (Å²) >= 11 is 5.09. The summed E-state index contributed by atoms with van der Waals surface area (Å²) in [5.41, 5.74) is 7.62. The minimum atomic E-state index is 0.385. The molecule has 0 bridgehead atoms. The zero-order valence-corrected chi connectivity index (χ0v) is 11.7. The summed E-state index contributed by atoms with van der Waals surface area (Å²) in [6.07, 6.45) is 0. The van der Waals surface area contributed by atoms with E-state index in [1.54, 1.807) is 17.4 Å². The maximum Gasteiger partial charge on any atom is 0.157 e. The Bertz CT molecular complexity index is 515. The minimum absolute atomic E-state index is 0.385. The number of ether oxygens (including phenoxy) is 1. The van der Waals surface area contributed by atoms with Crippen LogP contribution < -0.4 is 5.73 Å². The van der Waals surface area contributed by atoms with Crippen LogP contribution in [-0.4, -0.2) is 16.6 Å². The van der Waals surface area contributed by atoms with Crippen LogP contribution in [0.25, 0.3) is 11.3 Å². The highest BCUT2D eigenvalue weighted by Gasteiger charge is 2.09. The number of aromatic nitrogens is 2. The largest absolute Gasteiger partial charge is 0.384 e. The fraction of sp³-hybridized carbons (Fsp3) is 0.273. The molecule has 17 heavy (non-hydrogen) atoms. The molecule has 0 aromatic carbocycles. The van der Waals surface area contributed by atoms with Gasteiger partial charge in [0.05, 0.1) is 5.69 Å². The quantitative estimate of drug-likeness (QED) is 0.942. The van der Waals surface area contributed by atoms with Crippen molar-refractivity contribution in [3.8, 4) is 11.3 Å². The van der Waals surface area contributed by atoms with Gasteiger partial charge >= 0.3 is 0 Å². The van der Waals surface area contributed by atoms with Gasteiger partial charge in [0.1, 0.15) is 12.4 Å². The average Bonchev–Trinajstić information content (AvgIpc) is 2.72. The molecule has 2 N–H and O–H groups in total. The molecular formula is C11H12BrN3OS. The van der Waals surface area contributed by atoms with E-state index in [0.717, 1.165) is 15.7 Å². The van der Waals surface area contributed by atoms with Gasteiger partial charge in [-0.25, -0.2) is 9.97 Å². The first-order valence-electron chi connectivity index (χ1n) is 5.14. The second-order valence-electron chi connectivity index (χ2n) is 3.36. The van der Waals surface area contributed by atoms with Crippen molar-refractivity contribution in [3.05, 3.63) is 27.1 Å². The summed E-state index contributed by atoms with van der Waals surface area (Å²) < 4.78 is 6.30. The molecule has 0 aliphatic heterocycles. The molecular weight excluding hydrogens is 302 g/mol. The van der Waals surface area contributed by atoms with Gasteiger partial charge in [-0.05, 0) is 22.9 Å². The monoisotopic (exact) mass is 313 g/mol. The second-order valence-corrected chi connectivity index (χ2v) is 4.96. The number of halogens is 1. The predicted molar refractivity (Wildman–Crippen MR) is 72.8 cm³/mol. The fourth-order valence-corrected chi connectivity index (χ4v) is 2.87. The van der Waals surface area contributed by atoms with Crippen LogP contribution >= 0.6 is 27.3 Å². The van der Waals surface area contributed by atoms with E-state index in [-0.39, 0.29) is 0 Å². The van der Waals surface area contributed by atoms with Gasteiger partial charge in [0.15, 0.2) is 5.82 Å². The Morgan fingerprint density at radius 1 is 1.41 bits per heavy atom. The van der Waals surface area contributed by atoms with Crippen LogP contribution in [0.4, 0.5) is 5.82 Å². The average molecular weight is 314 g/mol. The standard InChI is InChI=1S/C11H12BrN3OS/c1-2-16-4-11-14-9(3-10(13)15-11)7-5-17-6-8(7)12/h3,5-6H,2,4H2,1H3,(H2,13,14,15). The predicted octanol–water partition coefficient (Wildman–Crippen LogP) is 3.09. The summed E-state index contributed by atoms with van der Waals surface area (Å²) in [6.45, 7) is 2.95. The van der Waals surface area contributed by atoms with Crippen LogP contribution in [0.5, 0.6) is 0 Å². The number of nitrogens with two attached hydrogens (primary N) is 1. The van der Waals surface area contributed by atoms with Crippen molar-refractivity contribution in [2.75, 3.05) is 12.3 Å². The Balaban J connectivity index is 2.35. The van der Waals surface area contributed by atoms with Crippen molar-refractivity contribution < 1.29 is 4.74 Å². The lowest BCUT2D eigenvalue weighted by molar-refractivity contribution is 0.128. The maximum atomic E-state index is 5.77. The van der Waals surface area contributed by atoms with E-state index in [2.05, 4.69) is 25.9 Å². The molecule has 4 nitrogen and oxygen atoms in total. The summed E-state index contributed by atoms with van der Waals surface area (Å²) in [4.78, 5) is 8.58. The van der Waals surface area contributed by atoms with Gasteiger partial charge in [0.2, 0.25) is 0 Å². The van der Waals surface area contributed by atoms with E-state index in [1.807, 2.05) is 17.7 Å². The van der Waals surface area contributed by atoms with Crippen LogP contribution in [0, 0.1) is 0 Å². The van der Waals surface area contributed by atoms with Gasteiger partial charge in [0.25, 0.3) is 0 Å². The van der Waals surface area contributed by atoms with Crippen molar-refractivity contribution in [1.82, 2.24) is 9.97 Å². The highest BCUT2D eigenvalue weighted by molar-refractivity contribution is 9.10. The smallest absolute Gasteiger partial charge is 0.157 e. The molecule has 0 aliphatic carbocycles. The molecule has 2 aromatic rings. The third kappa shape index (κ3) is 3.02. The van der Waals surface area contributed by atoms with Crippen LogP contribution in [0.3, 0.4) is 0 Å². The number of hydrogen-bond donors (Lipinski definition) is 1. The topological polar surface area (TPSA) is 61.0 Å². The van der Waals surface area contributed by atoms with Crippen molar-refractivity contribution in [3.63, 3.8) is 0 Å². The lowest BCUT2D eigenvalue weighted by atomic mass is 10.2. The zero-order chi connectivity index (χ0) is 12.3. The van der Waals surface area contributed by atoms with Gasteiger partial charge in [-0.2, -0.15) is 11.3 Å². The molecule has 0 amide bonds. The Kier molecular flexibility index (Phi) is 4.09. The first kappa shape index (κ1) is 12.5. The third-order valence-electron chi connectivity index (χ3n) is 2.12. The van der Waals surface area contributed by atoms with E-state index in [0.29, 0.717) is 24.9 Å². The van der Waals surface area contributed by atoms with Gasteiger partial charge in [-0.3, -0.25) is 0 Å². The number of thiophene rings is 1. The molecule has 0 saturated carbocycles. The van der Waals surface area contributed by atoms with E-state index in [9.17, 15) is 0 Å². The molecule has 2 heterocycles. The summed E-state index contributed by atoms with van der Waals surface area (Å²) in [6, 6.07) is 1.77. The van der Waals surface area contributed by atoms with E-state index < -0.39 is 0 Å². The summed E-state index contributed by atoms with van der Waals surface area (Å²) in [5, 5.41) is 4.03. The molecule has 0 aliphatic rings. The Labute approximate surface area is 112 Å². The summed E-state index contributed by atoms with van der Waals surface area (Å²) in [7, 11) is 0. The first-order valence-corrected chi connectivity index (χ1v) is 6.87. The van der Waals surface area contributed by atoms with Crippen LogP contribution in [0.1, 0.15) is 12.7 Å². The van der Waals surface area contributed by atoms with Crippen LogP contribution in [-0.2, 0) is 11.3 Å². The van der Waals surface area contributed by atoms with Gasteiger partial charge in [0, 0.05) is 33.5 Å². The van der Waals surface area contributed by atoms with Crippen molar-refractivity contribution in [1.29, 1.82) is 0 Å². The molecule has 0 fully saturated rings. The molecule has 0 atom stereocenters. The number of anilines is 1. The number of nitrogen functional groups attached to an aromatic ring is 1. The molecule has 90 valence electrons. The zero-order valence-electron chi connectivity index (χ0n) is 9.31. The van der Waals surface area contributed by atoms with Crippen LogP contribution in [0.15, 0.2) is 21.3 Å². The normalized spacial score (nSPS) is 10.7. The fourth-order valence-electron chi connectivity index (χ4n) is 1.38. The van der Waals surface area contributed by atoms with E-state index >= 15 is 0 Å². The van der Waals surface area contributed by atoms with Crippen molar-refractivity contribution >= 4 is 33.1 Å². The summed E-state index contributed by atoms with van der Waals surface area (Å²) in [5.74, 6) is 1.07. The number of hydrogen-bond acceptors (Lipinski definition) is 5. The lowest BCUT2D eigenvalue weighted by Gasteiger charge is -2.05. The Morgan fingerprint density at radius 3 is 2.88 bits per heavy atom. The molecule has 0 saturated heterocycles. The SMILES string of the molecule is CCOCc1nc(N)cc(-c2cscc2Br)n1. The maximum absolute atomic E-state index is 5.77. The molecule has 2 aromatic heterocycles. The van der Waals surface area contributed by atoms with Crippen LogP contribution in [0.2, 0.25) is 0 Å². The number of rotatable bonds is 4. The van der Waals surface area contributed by atoms with Crippen molar-refractivity contribution in [2.45, 2.75) is 13.5 Å². The third-order valence-corrected chi connectivity index (χ3v) is 3.82. The number of nitrogens with zero attached hydrogens (tertiary/aromatic N) is 2. The molecule has 6 heteroatoms. The molecule has 0 spiro atoms. The Hall–Kier alpha value is -0.980. The van der Waals surface area contributed by atoms with Gasteiger partial charge < -0.3 is 10.5 Å². The Morgan fingerprint density at radius 2 is 2.24 bits per heavy atom. The second kappa shape index (κ2) is 5.57. The first-order chi connectivity index (χ1) is 8.20. The minimum Gasteiger partial charge on any atom is -0.384 e. The highest BCUT2D eigenvalue weighted by Crippen LogP contribution is 2.30.